The first-order valence-corrected chi connectivity index (χ1v) is 9.22. The minimum Gasteiger partial charge on any atom is -0.350 e. The van der Waals surface area contributed by atoms with Crippen LogP contribution in [-0.2, 0) is 16.6 Å². The van der Waals surface area contributed by atoms with Crippen molar-refractivity contribution < 1.29 is 8.42 Å². The lowest BCUT2D eigenvalue weighted by Gasteiger charge is -2.22. The SMILES string of the molecule is Cc1c(S(=O)(=O)NC2CC2)ccn1CC1CCCCC1. The molecule has 0 aromatic carbocycles. The van der Waals surface area contributed by atoms with E-state index in [2.05, 4.69) is 9.29 Å². The second-order valence-electron chi connectivity index (χ2n) is 6.32. The molecule has 0 amide bonds. The number of nitrogens with zero attached hydrogens (tertiary/aromatic N) is 1. The molecule has 3 rings (SSSR count). The summed E-state index contributed by atoms with van der Waals surface area (Å²) in [5.74, 6) is 0.710. The van der Waals surface area contributed by atoms with Crippen molar-refractivity contribution in [2.75, 3.05) is 0 Å². The summed E-state index contributed by atoms with van der Waals surface area (Å²) >= 11 is 0. The van der Waals surface area contributed by atoms with E-state index in [0.29, 0.717) is 10.8 Å². The molecule has 1 N–H and O–H groups in total. The van der Waals surface area contributed by atoms with E-state index in [1.54, 1.807) is 6.07 Å². The highest BCUT2D eigenvalue weighted by atomic mass is 32.2. The maximum atomic E-state index is 12.3. The summed E-state index contributed by atoms with van der Waals surface area (Å²) in [5, 5.41) is 0. The molecule has 0 saturated heterocycles. The summed E-state index contributed by atoms with van der Waals surface area (Å²) < 4.78 is 29.5. The predicted molar refractivity (Wildman–Crippen MR) is 79.1 cm³/mol. The van der Waals surface area contributed by atoms with Gasteiger partial charge in [-0.3, -0.25) is 0 Å². The van der Waals surface area contributed by atoms with Crippen molar-refractivity contribution in [2.24, 2.45) is 5.92 Å². The van der Waals surface area contributed by atoms with Crippen LogP contribution in [0.1, 0.15) is 50.6 Å². The number of sulfonamides is 1. The van der Waals surface area contributed by atoms with Crippen LogP contribution in [0.15, 0.2) is 17.2 Å². The van der Waals surface area contributed by atoms with Crippen LogP contribution in [0.5, 0.6) is 0 Å². The Morgan fingerprint density at radius 3 is 2.55 bits per heavy atom. The molecule has 2 saturated carbocycles. The molecule has 2 aliphatic rings. The van der Waals surface area contributed by atoms with Gasteiger partial charge in [0.15, 0.2) is 0 Å². The van der Waals surface area contributed by atoms with Crippen molar-refractivity contribution in [1.82, 2.24) is 9.29 Å². The molecule has 0 spiro atoms. The molecule has 2 aliphatic carbocycles. The highest BCUT2D eigenvalue weighted by molar-refractivity contribution is 7.89. The van der Waals surface area contributed by atoms with Gasteiger partial charge in [0, 0.05) is 24.5 Å². The van der Waals surface area contributed by atoms with Gasteiger partial charge in [0.2, 0.25) is 10.0 Å². The zero-order valence-electron chi connectivity index (χ0n) is 12.1. The molecule has 112 valence electrons. The van der Waals surface area contributed by atoms with Crippen LogP contribution >= 0.6 is 0 Å². The molecule has 0 unspecified atom stereocenters. The van der Waals surface area contributed by atoms with Gasteiger partial charge in [-0.25, -0.2) is 13.1 Å². The number of nitrogens with one attached hydrogen (secondary N) is 1. The van der Waals surface area contributed by atoms with E-state index < -0.39 is 10.0 Å². The monoisotopic (exact) mass is 296 g/mol. The summed E-state index contributed by atoms with van der Waals surface area (Å²) in [6, 6.07) is 1.92. The van der Waals surface area contributed by atoms with Crippen LogP contribution in [0, 0.1) is 12.8 Å². The smallest absolute Gasteiger partial charge is 0.242 e. The standard InChI is InChI=1S/C15H24N2O2S/c1-12-15(20(18,19)16-14-7-8-14)9-10-17(12)11-13-5-3-2-4-6-13/h9-10,13-14,16H,2-8,11H2,1H3. The van der Waals surface area contributed by atoms with Crippen molar-refractivity contribution >= 4 is 10.0 Å². The summed E-state index contributed by atoms with van der Waals surface area (Å²) in [7, 11) is -3.32. The number of hydrogen-bond donors (Lipinski definition) is 1. The minimum absolute atomic E-state index is 0.168. The summed E-state index contributed by atoms with van der Waals surface area (Å²) in [5.41, 5.74) is 0.878. The summed E-state index contributed by atoms with van der Waals surface area (Å²) in [6.07, 6.45) is 10.4. The van der Waals surface area contributed by atoms with Gasteiger partial charge in [0.1, 0.15) is 4.90 Å². The highest BCUT2D eigenvalue weighted by Crippen LogP contribution is 2.28. The van der Waals surface area contributed by atoms with E-state index in [1.807, 2.05) is 13.1 Å². The lowest BCUT2D eigenvalue weighted by molar-refractivity contribution is 0.317. The molecule has 4 nitrogen and oxygen atoms in total. The van der Waals surface area contributed by atoms with Crippen LogP contribution in [0.3, 0.4) is 0 Å². The molecule has 2 fully saturated rings. The van der Waals surface area contributed by atoms with Crippen LogP contribution in [0.25, 0.3) is 0 Å². The zero-order chi connectivity index (χ0) is 14.2. The molecule has 20 heavy (non-hydrogen) atoms. The third-order valence-electron chi connectivity index (χ3n) is 4.56. The molecule has 0 radical (unpaired) electrons. The largest absolute Gasteiger partial charge is 0.350 e. The first-order valence-electron chi connectivity index (χ1n) is 7.74. The average Bonchev–Trinajstić information content (AvgIpc) is 3.14. The van der Waals surface area contributed by atoms with E-state index in [-0.39, 0.29) is 6.04 Å². The fourth-order valence-corrected chi connectivity index (χ4v) is 4.69. The van der Waals surface area contributed by atoms with E-state index in [4.69, 9.17) is 0 Å². The topological polar surface area (TPSA) is 51.1 Å². The van der Waals surface area contributed by atoms with Crippen LogP contribution in [-0.4, -0.2) is 19.0 Å². The van der Waals surface area contributed by atoms with Gasteiger partial charge in [-0.05, 0) is 44.6 Å². The number of rotatable bonds is 5. The van der Waals surface area contributed by atoms with Gasteiger partial charge in [-0.15, -0.1) is 0 Å². The third-order valence-corrected chi connectivity index (χ3v) is 6.22. The molecular weight excluding hydrogens is 272 g/mol. The van der Waals surface area contributed by atoms with Crippen molar-refractivity contribution in [2.45, 2.75) is 69.4 Å². The maximum absolute atomic E-state index is 12.3. The molecular formula is C15H24N2O2S. The van der Waals surface area contributed by atoms with E-state index in [0.717, 1.165) is 25.1 Å². The minimum atomic E-state index is -3.32. The lowest BCUT2D eigenvalue weighted by atomic mass is 9.89. The Morgan fingerprint density at radius 2 is 1.90 bits per heavy atom. The van der Waals surface area contributed by atoms with E-state index >= 15 is 0 Å². The fraction of sp³-hybridized carbons (Fsp3) is 0.733. The van der Waals surface area contributed by atoms with Gasteiger partial charge in [0.25, 0.3) is 0 Å². The van der Waals surface area contributed by atoms with Gasteiger partial charge < -0.3 is 4.57 Å². The first-order chi connectivity index (χ1) is 9.56. The molecule has 0 aliphatic heterocycles. The molecule has 1 aromatic heterocycles. The van der Waals surface area contributed by atoms with Crippen molar-refractivity contribution in [3.8, 4) is 0 Å². The van der Waals surface area contributed by atoms with Crippen LogP contribution in [0.2, 0.25) is 0 Å². The van der Waals surface area contributed by atoms with Crippen LogP contribution in [0.4, 0.5) is 0 Å². The second-order valence-corrected chi connectivity index (χ2v) is 8.00. The number of aromatic nitrogens is 1. The quantitative estimate of drug-likeness (QED) is 0.908. The van der Waals surface area contributed by atoms with Gasteiger partial charge in [-0.1, -0.05) is 19.3 Å². The molecule has 0 atom stereocenters. The normalized spacial score (nSPS) is 21.2. The Bertz CT molecular complexity index is 567. The van der Waals surface area contributed by atoms with Gasteiger partial charge in [0.05, 0.1) is 0 Å². The van der Waals surface area contributed by atoms with Gasteiger partial charge in [-0.2, -0.15) is 0 Å². The average molecular weight is 296 g/mol. The van der Waals surface area contributed by atoms with E-state index in [9.17, 15) is 8.42 Å². The van der Waals surface area contributed by atoms with Crippen molar-refractivity contribution in [1.29, 1.82) is 0 Å². The molecule has 0 bridgehead atoms. The first kappa shape index (κ1) is 14.1. The predicted octanol–water partition coefficient (Wildman–Crippen LogP) is 2.82. The van der Waals surface area contributed by atoms with Crippen LogP contribution < -0.4 is 4.72 Å². The Labute approximate surface area is 121 Å². The Balaban J connectivity index is 1.73. The summed E-state index contributed by atoms with van der Waals surface area (Å²) in [4.78, 5) is 0.459. The molecule has 5 heteroatoms. The molecule has 1 aromatic rings. The fourth-order valence-electron chi connectivity index (χ4n) is 3.15. The molecule has 1 heterocycles. The number of hydrogen-bond acceptors (Lipinski definition) is 2. The van der Waals surface area contributed by atoms with E-state index in [1.165, 1.54) is 32.1 Å². The van der Waals surface area contributed by atoms with Crippen molar-refractivity contribution in [3.05, 3.63) is 18.0 Å². The van der Waals surface area contributed by atoms with Crippen molar-refractivity contribution in [3.63, 3.8) is 0 Å². The Kier molecular flexibility index (Phi) is 3.91. The summed E-state index contributed by atoms with van der Waals surface area (Å²) in [6.45, 7) is 2.88. The van der Waals surface area contributed by atoms with Gasteiger partial charge >= 0.3 is 0 Å². The Hall–Kier alpha value is -0.810. The highest BCUT2D eigenvalue weighted by Gasteiger charge is 2.29. The zero-order valence-corrected chi connectivity index (χ0v) is 13.0. The Morgan fingerprint density at radius 1 is 1.20 bits per heavy atom. The third kappa shape index (κ3) is 3.09. The lowest BCUT2D eigenvalue weighted by Crippen LogP contribution is -2.26. The maximum Gasteiger partial charge on any atom is 0.242 e. The second kappa shape index (κ2) is 5.53.